The predicted molar refractivity (Wildman–Crippen MR) is 199 cm³/mol. The van der Waals surface area contributed by atoms with Gasteiger partial charge in [-0.25, -0.2) is 0 Å². The van der Waals surface area contributed by atoms with Gasteiger partial charge in [0.25, 0.3) is 0 Å². The monoisotopic (exact) mass is 641 g/mol. The zero-order chi connectivity index (χ0) is 33.6. The molecule has 0 bridgehead atoms. The first-order valence-corrected chi connectivity index (χ1v) is 19.3. The van der Waals surface area contributed by atoms with Crippen LogP contribution in [0.2, 0.25) is 0 Å². The topological polar surface area (TPSA) is 63.6 Å². The van der Waals surface area contributed by atoms with Gasteiger partial charge in [-0.1, -0.05) is 152 Å². The van der Waals surface area contributed by atoms with Crippen molar-refractivity contribution in [1.82, 2.24) is 0 Å². The molecule has 0 spiro atoms. The third kappa shape index (κ3) is 36.1. The minimum atomic E-state index is -0.719. The quantitative estimate of drug-likeness (QED) is 0.0432. The summed E-state index contributed by atoms with van der Waals surface area (Å²) in [7, 11) is 0. The molecular formula is C42H72O4. The molecule has 0 radical (unpaired) electrons. The summed E-state index contributed by atoms with van der Waals surface area (Å²) < 4.78 is 5.88. The lowest BCUT2D eigenvalue weighted by atomic mass is 10.1. The summed E-state index contributed by atoms with van der Waals surface area (Å²) >= 11 is 0. The number of esters is 1. The highest BCUT2D eigenvalue weighted by atomic mass is 16.5. The highest BCUT2D eigenvalue weighted by Crippen LogP contribution is 2.15. The maximum atomic E-state index is 12.6. The molecule has 0 aliphatic carbocycles. The highest BCUT2D eigenvalue weighted by molar-refractivity contribution is 5.69. The van der Waals surface area contributed by atoms with Gasteiger partial charge in [-0.3, -0.25) is 9.59 Å². The molecule has 0 saturated carbocycles. The Labute approximate surface area is 284 Å². The second-order valence-corrected chi connectivity index (χ2v) is 12.7. The molecule has 264 valence electrons. The van der Waals surface area contributed by atoms with Crippen molar-refractivity contribution in [1.29, 1.82) is 0 Å². The number of rotatable bonds is 34. The normalized spacial score (nSPS) is 12.9. The molecule has 0 fully saturated rings. The third-order valence-corrected chi connectivity index (χ3v) is 8.21. The predicted octanol–water partition coefficient (Wildman–Crippen LogP) is 13.3. The van der Waals surface area contributed by atoms with Gasteiger partial charge < -0.3 is 9.84 Å². The molecule has 0 amide bonds. The van der Waals surface area contributed by atoms with Gasteiger partial charge in [0.05, 0.1) is 0 Å². The molecule has 0 rings (SSSR count). The summed E-state index contributed by atoms with van der Waals surface area (Å²) in [6.45, 7) is 4.42. The molecule has 1 atom stereocenters. The Bertz CT molecular complexity index is 820. The SMILES string of the molecule is CC/C=C\C/C=C\C/C=C\C/C=C\C(CCCCCCCC(=O)O)OC(=O)CCCCCCCCC/C=C\CCCCCCCC. The highest BCUT2D eigenvalue weighted by Gasteiger charge is 2.11. The van der Waals surface area contributed by atoms with Crippen molar-refractivity contribution in [3.05, 3.63) is 60.8 Å². The summed E-state index contributed by atoms with van der Waals surface area (Å²) in [5, 5.41) is 8.80. The van der Waals surface area contributed by atoms with Crippen molar-refractivity contribution in [3.63, 3.8) is 0 Å². The van der Waals surface area contributed by atoms with Crippen LogP contribution in [0.1, 0.15) is 187 Å². The lowest BCUT2D eigenvalue weighted by Gasteiger charge is -2.14. The number of carbonyl (C=O) groups excluding carboxylic acids is 1. The molecule has 1 N–H and O–H groups in total. The summed E-state index contributed by atoms with van der Waals surface area (Å²) in [5.74, 6) is -0.801. The van der Waals surface area contributed by atoms with Gasteiger partial charge >= 0.3 is 11.9 Å². The molecule has 0 heterocycles. The van der Waals surface area contributed by atoms with Crippen LogP contribution in [0.15, 0.2) is 60.8 Å². The van der Waals surface area contributed by atoms with Gasteiger partial charge in [-0.05, 0) is 83.1 Å². The molecule has 0 aromatic carbocycles. The summed E-state index contributed by atoms with van der Waals surface area (Å²) in [4.78, 5) is 23.3. The van der Waals surface area contributed by atoms with Gasteiger partial charge in [0.15, 0.2) is 0 Å². The van der Waals surface area contributed by atoms with Crippen LogP contribution < -0.4 is 0 Å². The lowest BCUT2D eigenvalue weighted by Crippen LogP contribution is -2.16. The fraction of sp³-hybridized carbons (Fsp3) is 0.714. The van der Waals surface area contributed by atoms with Gasteiger partial charge in [-0.15, -0.1) is 0 Å². The van der Waals surface area contributed by atoms with Crippen LogP contribution in [0.5, 0.6) is 0 Å². The van der Waals surface area contributed by atoms with E-state index in [9.17, 15) is 9.59 Å². The molecule has 4 heteroatoms. The van der Waals surface area contributed by atoms with E-state index in [1.807, 2.05) is 0 Å². The second kappa shape index (κ2) is 37.1. The number of ether oxygens (including phenoxy) is 1. The van der Waals surface area contributed by atoms with Crippen LogP contribution in [0.25, 0.3) is 0 Å². The van der Waals surface area contributed by atoms with Crippen molar-refractivity contribution in [2.24, 2.45) is 0 Å². The molecule has 0 aliphatic rings. The number of carboxylic acids is 1. The summed E-state index contributed by atoms with van der Waals surface area (Å²) in [5.41, 5.74) is 0. The first-order chi connectivity index (χ1) is 22.6. The maximum Gasteiger partial charge on any atom is 0.306 e. The molecule has 4 nitrogen and oxygen atoms in total. The van der Waals surface area contributed by atoms with E-state index in [4.69, 9.17) is 9.84 Å². The third-order valence-electron chi connectivity index (χ3n) is 8.21. The Kier molecular flexibility index (Phi) is 35.2. The summed E-state index contributed by atoms with van der Waals surface area (Å²) in [6, 6.07) is 0. The molecule has 1 unspecified atom stereocenters. The van der Waals surface area contributed by atoms with Gasteiger partial charge in [0.1, 0.15) is 6.10 Å². The Morgan fingerprint density at radius 3 is 1.52 bits per heavy atom. The van der Waals surface area contributed by atoms with Crippen molar-refractivity contribution < 1.29 is 19.4 Å². The molecular weight excluding hydrogens is 568 g/mol. The van der Waals surface area contributed by atoms with E-state index in [2.05, 4.69) is 74.6 Å². The van der Waals surface area contributed by atoms with Crippen molar-refractivity contribution in [2.45, 2.75) is 193 Å². The second-order valence-electron chi connectivity index (χ2n) is 12.7. The Morgan fingerprint density at radius 1 is 0.522 bits per heavy atom. The smallest absolute Gasteiger partial charge is 0.306 e. The number of unbranched alkanes of at least 4 members (excludes halogenated alkanes) is 17. The first-order valence-electron chi connectivity index (χ1n) is 19.3. The molecule has 0 aromatic rings. The van der Waals surface area contributed by atoms with Crippen LogP contribution in [-0.2, 0) is 14.3 Å². The average molecular weight is 641 g/mol. The zero-order valence-electron chi connectivity index (χ0n) is 30.1. The Hall–Kier alpha value is -2.36. The standard InChI is InChI=1S/C42H72O4/c1-3-5-7-9-11-13-15-16-17-18-19-20-22-24-26-31-35-39-42(45)46-40(37-33-29-27-30-34-38-41(43)44)36-32-28-25-23-21-14-12-10-8-6-4-2/h6,8,12,14,16-17,23,25,32,36,40H,3-5,7,9-11,13,15,18-22,24,26-31,33-35,37-39H2,1-2H3,(H,43,44)/b8-6-,14-12-,17-16-,25-23-,36-32-. The van der Waals surface area contributed by atoms with Crippen LogP contribution in [0.4, 0.5) is 0 Å². The van der Waals surface area contributed by atoms with E-state index < -0.39 is 5.97 Å². The summed E-state index contributed by atoms with van der Waals surface area (Å²) in [6.07, 6.45) is 51.1. The fourth-order valence-corrected chi connectivity index (χ4v) is 5.38. The van der Waals surface area contributed by atoms with Gasteiger partial charge in [-0.2, -0.15) is 0 Å². The van der Waals surface area contributed by atoms with Crippen molar-refractivity contribution in [3.8, 4) is 0 Å². The van der Waals surface area contributed by atoms with Crippen molar-refractivity contribution in [2.75, 3.05) is 0 Å². The van der Waals surface area contributed by atoms with E-state index >= 15 is 0 Å². The number of carbonyl (C=O) groups is 2. The van der Waals surface area contributed by atoms with E-state index in [1.54, 1.807) is 0 Å². The van der Waals surface area contributed by atoms with Gasteiger partial charge in [0, 0.05) is 12.8 Å². The zero-order valence-corrected chi connectivity index (χ0v) is 30.1. The van der Waals surface area contributed by atoms with E-state index in [0.717, 1.165) is 77.0 Å². The van der Waals surface area contributed by atoms with E-state index in [-0.39, 0.29) is 18.5 Å². The number of aliphatic carboxylic acids is 1. The fourth-order valence-electron chi connectivity index (χ4n) is 5.38. The molecule has 0 saturated heterocycles. The van der Waals surface area contributed by atoms with E-state index in [0.29, 0.717) is 6.42 Å². The number of hydrogen-bond acceptors (Lipinski definition) is 3. The van der Waals surface area contributed by atoms with Crippen LogP contribution >= 0.6 is 0 Å². The van der Waals surface area contributed by atoms with Crippen LogP contribution in [0, 0.1) is 0 Å². The largest absolute Gasteiger partial charge is 0.481 e. The first kappa shape index (κ1) is 43.6. The Balaban J connectivity index is 4.14. The lowest BCUT2D eigenvalue weighted by molar-refractivity contribution is -0.147. The molecule has 0 aromatic heterocycles. The van der Waals surface area contributed by atoms with E-state index in [1.165, 1.54) is 83.5 Å². The number of carboxylic acid groups (broad SMARTS) is 1. The van der Waals surface area contributed by atoms with Crippen molar-refractivity contribution >= 4 is 11.9 Å². The average Bonchev–Trinajstić information content (AvgIpc) is 3.04. The van der Waals surface area contributed by atoms with Crippen LogP contribution in [0.3, 0.4) is 0 Å². The van der Waals surface area contributed by atoms with Crippen LogP contribution in [-0.4, -0.2) is 23.1 Å². The minimum absolute atomic E-state index is 0.0818. The number of hydrogen-bond donors (Lipinski definition) is 1. The Morgan fingerprint density at radius 2 is 0.978 bits per heavy atom. The molecule has 0 aliphatic heterocycles. The maximum absolute atomic E-state index is 12.6. The van der Waals surface area contributed by atoms with Gasteiger partial charge in [0.2, 0.25) is 0 Å². The number of allylic oxidation sites excluding steroid dienone is 9. The molecule has 46 heavy (non-hydrogen) atoms. The minimum Gasteiger partial charge on any atom is -0.481 e.